The van der Waals surface area contributed by atoms with E-state index in [4.69, 9.17) is 0 Å². The number of sulfonamides is 1. The minimum atomic E-state index is -3.55. The van der Waals surface area contributed by atoms with Crippen LogP contribution in [0.2, 0.25) is 0 Å². The number of anilines is 1. The van der Waals surface area contributed by atoms with Crippen LogP contribution in [-0.2, 0) is 10.0 Å². The molecule has 1 fully saturated rings. The Morgan fingerprint density at radius 3 is 2.65 bits per heavy atom. The van der Waals surface area contributed by atoms with Gasteiger partial charge in [-0.3, -0.25) is 0 Å². The molecule has 3 aromatic heterocycles. The molecule has 0 unspecified atom stereocenters. The van der Waals surface area contributed by atoms with E-state index in [1.165, 1.54) is 6.07 Å². The molecule has 3 aromatic rings. The Balaban J connectivity index is 1.65. The molecular weight excluding hydrogens is 426 g/mol. The average Bonchev–Trinajstić information content (AvgIpc) is 3.37. The Kier molecular flexibility index (Phi) is 5.42. The van der Waals surface area contributed by atoms with Crippen LogP contribution in [-0.4, -0.2) is 46.2 Å². The monoisotopic (exact) mass is 450 g/mol. The highest BCUT2D eigenvalue weighted by Crippen LogP contribution is 2.29. The zero-order valence-electron chi connectivity index (χ0n) is 17.4. The number of aromatic nitrogens is 4. The molecule has 0 radical (unpaired) electrons. The second kappa shape index (κ2) is 7.79. The van der Waals surface area contributed by atoms with Crippen LogP contribution in [0.15, 0.2) is 24.7 Å². The maximum absolute atomic E-state index is 14.6. The molecule has 1 aliphatic carbocycles. The van der Waals surface area contributed by atoms with E-state index in [2.05, 4.69) is 30.0 Å². The maximum Gasteiger partial charge on any atom is 0.213 e. The third-order valence-electron chi connectivity index (χ3n) is 5.15. The number of hydrogen-bond donors (Lipinski definition) is 3. The fraction of sp³-hybridized carbons (Fsp3) is 0.450. The third kappa shape index (κ3) is 4.99. The van der Waals surface area contributed by atoms with Crippen molar-refractivity contribution < 1.29 is 17.2 Å². The van der Waals surface area contributed by atoms with Crippen LogP contribution in [0.5, 0.6) is 0 Å². The molecule has 11 heteroatoms. The Bertz CT molecular complexity index is 1220. The minimum Gasteiger partial charge on any atom is -0.363 e. The predicted octanol–water partition coefficient (Wildman–Crippen LogP) is 3.21. The first kappa shape index (κ1) is 21.6. The molecule has 1 aliphatic rings. The van der Waals surface area contributed by atoms with E-state index in [9.17, 15) is 17.2 Å². The molecule has 0 spiro atoms. The van der Waals surface area contributed by atoms with Crippen LogP contribution in [0, 0.1) is 17.0 Å². The van der Waals surface area contributed by atoms with E-state index in [0.29, 0.717) is 16.6 Å². The van der Waals surface area contributed by atoms with E-state index in [-0.39, 0.29) is 23.4 Å². The molecule has 3 N–H and O–H groups in total. The first-order chi connectivity index (χ1) is 14.5. The van der Waals surface area contributed by atoms with Crippen molar-refractivity contribution in [3.8, 4) is 11.4 Å². The number of fused-ring (bicyclic) bond motifs is 1. The first-order valence-corrected chi connectivity index (χ1v) is 11.6. The molecule has 0 amide bonds. The van der Waals surface area contributed by atoms with Crippen molar-refractivity contribution in [3.05, 3.63) is 36.3 Å². The summed E-state index contributed by atoms with van der Waals surface area (Å²) in [4.78, 5) is 15.2. The van der Waals surface area contributed by atoms with Gasteiger partial charge in [-0.15, -0.1) is 0 Å². The molecule has 0 bridgehead atoms. The van der Waals surface area contributed by atoms with Gasteiger partial charge in [-0.05, 0) is 24.3 Å². The van der Waals surface area contributed by atoms with Crippen molar-refractivity contribution in [2.75, 3.05) is 11.1 Å². The molecule has 0 aliphatic heterocycles. The number of hydrogen-bond acceptors (Lipinski definition) is 6. The zero-order chi connectivity index (χ0) is 22.4. The Morgan fingerprint density at radius 1 is 1.23 bits per heavy atom. The molecule has 3 heterocycles. The smallest absolute Gasteiger partial charge is 0.213 e. The molecule has 166 valence electrons. The summed E-state index contributed by atoms with van der Waals surface area (Å²) in [6, 6.07) is 0.661. The van der Waals surface area contributed by atoms with Crippen LogP contribution in [0.3, 0.4) is 0 Å². The Morgan fingerprint density at radius 2 is 1.97 bits per heavy atom. The summed E-state index contributed by atoms with van der Waals surface area (Å²) in [7, 11) is -3.55. The second-order valence-corrected chi connectivity index (χ2v) is 10.7. The summed E-state index contributed by atoms with van der Waals surface area (Å²) < 4.78 is 55.9. The molecule has 1 saturated carbocycles. The van der Waals surface area contributed by atoms with Crippen molar-refractivity contribution in [1.29, 1.82) is 0 Å². The van der Waals surface area contributed by atoms with Crippen molar-refractivity contribution in [2.24, 2.45) is 5.41 Å². The normalized spacial score (nSPS) is 15.9. The lowest BCUT2D eigenvalue weighted by Crippen LogP contribution is -2.44. The molecule has 8 nitrogen and oxygen atoms in total. The summed E-state index contributed by atoms with van der Waals surface area (Å²) in [5.41, 5.74) is 0.396. The van der Waals surface area contributed by atoms with Gasteiger partial charge in [0.25, 0.3) is 0 Å². The van der Waals surface area contributed by atoms with Crippen LogP contribution in [0.4, 0.5) is 14.6 Å². The number of nitrogens with one attached hydrogen (secondary N) is 3. The fourth-order valence-electron chi connectivity index (χ4n) is 3.16. The Hall–Kier alpha value is -2.66. The fourth-order valence-corrected chi connectivity index (χ4v) is 5.02. The zero-order valence-corrected chi connectivity index (χ0v) is 18.2. The van der Waals surface area contributed by atoms with E-state index < -0.39 is 33.1 Å². The number of aromatic amines is 1. The quantitative estimate of drug-likeness (QED) is 0.510. The van der Waals surface area contributed by atoms with Gasteiger partial charge in [0.15, 0.2) is 17.5 Å². The molecule has 1 atom stereocenters. The van der Waals surface area contributed by atoms with Gasteiger partial charge >= 0.3 is 0 Å². The standard InChI is InChI=1S/C20H24F2N6O2S/c1-20(2,3)16(10-31(29,30)28-12-4-5-12)26-19-15(22)9-25-18(27-19)14-8-24-17-13(14)6-11(21)7-23-17/h6-9,12,16,28H,4-5,10H2,1-3H3,(H,23,24)(H,25,26,27)/t16-/m1/s1. The van der Waals surface area contributed by atoms with Crippen LogP contribution in [0.25, 0.3) is 22.4 Å². The number of H-pyrrole nitrogens is 1. The third-order valence-corrected chi connectivity index (χ3v) is 6.61. The van der Waals surface area contributed by atoms with E-state index in [0.717, 1.165) is 25.2 Å². The van der Waals surface area contributed by atoms with Crippen molar-refractivity contribution in [3.63, 3.8) is 0 Å². The number of pyridine rings is 1. The van der Waals surface area contributed by atoms with Gasteiger partial charge in [0, 0.05) is 29.2 Å². The van der Waals surface area contributed by atoms with E-state index in [1.54, 1.807) is 6.20 Å². The van der Waals surface area contributed by atoms with Crippen molar-refractivity contribution >= 4 is 26.9 Å². The second-order valence-electron chi connectivity index (χ2n) is 8.88. The topological polar surface area (TPSA) is 113 Å². The van der Waals surface area contributed by atoms with Gasteiger partial charge in [-0.25, -0.2) is 36.9 Å². The summed E-state index contributed by atoms with van der Waals surface area (Å²) >= 11 is 0. The molecule has 4 rings (SSSR count). The van der Waals surface area contributed by atoms with Gasteiger partial charge in [0.05, 0.1) is 18.1 Å². The van der Waals surface area contributed by atoms with Gasteiger partial charge in [0.1, 0.15) is 11.5 Å². The van der Waals surface area contributed by atoms with Gasteiger partial charge in [-0.1, -0.05) is 20.8 Å². The molecule has 0 aromatic carbocycles. The lowest BCUT2D eigenvalue weighted by molar-refractivity contribution is 0.357. The molecular formula is C20H24F2N6O2S. The number of halogens is 2. The van der Waals surface area contributed by atoms with E-state index >= 15 is 0 Å². The van der Waals surface area contributed by atoms with Crippen molar-refractivity contribution in [2.45, 2.75) is 45.7 Å². The predicted molar refractivity (Wildman–Crippen MR) is 114 cm³/mol. The molecule has 0 saturated heterocycles. The first-order valence-electron chi connectivity index (χ1n) is 9.94. The number of rotatable bonds is 7. The summed E-state index contributed by atoms with van der Waals surface area (Å²) in [6.07, 6.45) is 5.32. The minimum absolute atomic E-state index is 0.0103. The SMILES string of the molecule is CC(C)(C)[C@@H](CS(=O)(=O)NC1CC1)Nc1nc(-c2c[nH]c3ncc(F)cc23)ncc1F. The highest BCUT2D eigenvalue weighted by molar-refractivity contribution is 7.89. The average molecular weight is 451 g/mol. The highest BCUT2D eigenvalue weighted by atomic mass is 32.2. The summed E-state index contributed by atoms with van der Waals surface area (Å²) in [5, 5.41) is 3.41. The van der Waals surface area contributed by atoms with Gasteiger partial charge in [-0.2, -0.15) is 0 Å². The van der Waals surface area contributed by atoms with Crippen LogP contribution < -0.4 is 10.0 Å². The van der Waals surface area contributed by atoms with E-state index in [1.807, 2.05) is 20.8 Å². The lowest BCUT2D eigenvalue weighted by atomic mass is 9.88. The van der Waals surface area contributed by atoms with Crippen LogP contribution >= 0.6 is 0 Å². The Labute approximate surface area is 179 Å². The van der Waals surface area contributed by atoms with Crippen LogP contribution in [0.1, 0.15) is 33.6 Å². The summed E-state index contributed by atoms with van der Waals surface area (Å²) in [5.74, 6) is -1.42. The molecule has 31 heavy (non-hydrogen) atoms. The number of nitrogens with zero attached hydrogens (tertiary/aromatic N) is 3. The maximum atomic E-state index is 14.6. The van der Waals surface area contributed by atoms with Crippen molar-refractivity contribution in [1.82, 2.24) is 24.7 Å². The summed E-state index contributed by atoms with van der Waals surface area (Å²) in [6.45, 7) is 5.60. The van der Waals surface area contributed by atoms with Gasteiger partial charge in [0.2, 0.25) is 10.0 Å². The largest absolute Gasteiger partial charge is 0.363 e. The lowest BCUT2D eigenvalue weighted by Gasteiger charge is -2.32. The highest BCUT2D eigenvalue weighted by Gasteiger charge is 2.34. The van der Waals surface area contributed by atoms with Gasteiger partial charge < -0.3 is 10.3 Å².